The van der Waals surface area contributed by atoms with E-state index in [1.54, 1.807) is 0 Å². The average molecular weight is 246 g/mol. The van der Waals surface area contributed by atoms with Crippen molar-refractivity contribution in [3.63, 3.8) is 0 Å². The SMILES string of the molecule is Cc1ccc(C(=O)N2CCNC(C)C2C)cc1C. The Labute approximate surface area is 109 Å². The van der Waals surface area contributed by atoms with Crippen molar-refractivity contribution >= 4 is 5.91 Å². The maximum Gasteiger partial charge on any atom is 0.254 e. The van der Waals surface area contributed by atoms with Crippen molar-refractivity contribution in [1.29, 1.82) is 0 Å². The average Bonchev–Trinajstić information content (AvgIpc) is 2.35. The van der Waals surface area contributed by atoms with Crippen LogP contribution in [0.2, 0.25) is 0 Å². The van der Waals surface area contributed by atoms with Crippen molar-refractivity contribution in [3.05, 3.63) is 34.9 Å². The van der Waals surface area contributed by atoms with Crippen LogP contribution >= 0.6 is 0 Å². The van der Waals surface area contributed by atoms with Gasteiger partial charge in [-0.2, -0.15) is 0 Å². The van der Waals surface area contributed by atoms with E-state index in [0.29, 0.717) is 6.04 Å². The zero-order valence-electron chi connectivity index (χ0n) is 11.7. The predicted octanol–water partition coefficient (Wildman–Crippen LogP) is 2.13. The molecule has 18 heavy (non-hydrogen) atoms. The zero-order chi connectivity index (χ0) is 13.3. The van der Waals surface area contributed by atoms with E-state index in [-0.39, 0.29) is 11.9 Å². The van der Waals surface area contributed by atoms with Gasteiger partial charge in [0.1, 0.15) is 0 Å². The summed E-state index contributed by atoms with van der Waals surface area (Å²) in [5, 5.41) is 3.39. The van der Waals surface area contributed by atoms with Crippen molar-refractivity contribution in [2.45, 2.75) is 39.8 Å². The fourth-order valence-corrected chi connectivity index (χ4v) is 2.38. The van der Waals surface area contributed by atoms with E-state index in [1.165, 1.54) is 11.1 Å². The number of amides is 1. The topological polar surface area (TPSA) is 32.3 Å². The quantitative estimate of drug-likeness (QED) is 0.823. The molecule has 0 bridgehead atoms. The predicted molar refractivity (Wildman–Crippen MR) is 73.9 cm³/mol. The Hall–Kier alpha value is -1.35. The van der Waals surface area contributed by atoms with Crippen LogP contribution in [0.1, 0.15) is 35.3 Å². The first-order chi connectivity index (χ1) is 8.50. The Kier molecular flexibility index (Phi) is 3.71. The van der Waals surface area contributed by atoms with Crippen molar-refractivity contribution in [3.8, 4) is 0 Å². The zero-order valence-corrected chi connectivity index (χ0v) is 11.7. The van der Waals surface area contributed by atoms with Crippen LogP contribution in [0.5, 0.6) is 0 Å². The van der Waals surface area contributed by atoms with Crippen LogP contribution in [0.15, 0.2) is 18.2 Å². The summed E-state index contributed by atoms with van der Waals surface area (Å²) in [5.41, 5.74) is 3.21. The van der Waals surface area contributed by atoms with Gasteiger partial charge in [-0.3, -0.25) is 4.79 Å². The number of benzene rings is 1. The molecule has 98 valence electrons. The maximum absolute atomic E-state index is 12.5. The number of hydrogen-bond donors (Lipinski definition) is 1. The first-order valence-electron chi connectivity index (χ1n) is 6.62. The van der Waals surface area contributed by atoms with E-state index in [9.17, 15) is 4.79 Å². The fraction of sp³-hybridized carbons (Fsp3) is 0.533. The fourth-order valence-electron chi connectivity index (χ4n) is 2.38. The van der Waals surface area contributed by atoms with E-state index < -0.39 is 0 Å². The molecule has 0 radical (unpaired) electrons. The molecule has 3 nitrogen and oxygen atoms in total. The van der Waals surface area contributed by atoms with E-state index >= 15 is 0 Å². The molecule has 1 aromatic carbocycles. The third-order valence-corrected chi connectivity index (χ3v) is 4.05. The molecule has 0 spiro atoms. The lowest BCUT2D eigenvalue weighted by atomic mass is 10.0. The Morgan fingerprint density at radius 1 is 1.28 bits per heavy atom. The Balaban J connectivity index is 2.22. The summed E-state index contributed by atoms with van der Waals surface area (Å²) in [5.74, 6) is 0.152. The number of nitrogens with zero attached hydrogens (tertiary/aromatic N) is 1. The lowest BCUT2D eigenvalue weighted by Crippen LogP contribution is -2.57. The van der Waals surface area contributed by atoms with Crippen molar-refractivity contribution in [1.82, 2.24) is 10.2 Å². The highest BCUT2D eigenvalue weighted by Gasteiger charge is 2.28. The first-order valence-corrected chi connectivity index (χ1v) is 6.62. The molecule has 1 aliphatic rings. The number of carbonyl (C=O) groups is 1. The van der Waals surface area contributed by atoms with Crippen LogP contribution in [0.3, 0.4) is 0 Å². The third-order valence-electron chi connectivity index (χ3n) is 4.05. The summed E-state index contributed by atoms with van der Waals surface area (Å²) >= 11 is 0. The Morgan fingerprint density at radius 2 is 2.00 bits per heavy atom. The normalized spacial score (nSPS) is 24.1. The first kappa shape index (κ1) is 13.1. The number of piperazine rings is 1. The molecule has 2 rings (SSSR count). The molecule has 1 saturated heterocycles. The molecule has 0 saturated carbocycles. The number of nitrogens with one attached hydrogen (secondary N) is 1. The smallest absolute Gasteiger partial charge is 0.254 e. The maximum atomic E-state index is 12.5. The Bertz CT molecular complexity index is 456. The summed E-state index contributed by atoms with van der Waals surface area (Å²) in [7, 11) is 0. The number of hydrogen-bond acceptors (Lipinski definition) is 2. The molecule has 1 amide bonds. The van der Waals surface area contributed by atoms with Gasteiger partial charge in [-0.15, -0.1) is 0 Å². The molecule has 2 atom stereocenters. The van der Waals surface area contributed by atoms with Crippen molar-refractivity contribution in [2.75, 3.05) is 13.1 Å². The Morgan fingerprint density at radius 3 is 2.67 bits per heavy atom. The number of aryl methyl sites for hydroxylation is 2. The van der Waals surface area contributed by atoms with Crippen molar-refractivity contribution in [2.24, 2.45) is 0 Å². The van der Waals surface area contributed by atoms with Gasteiger partial charge in [-0.1, -0.05) is 6.07 Å². The standard InChI is InChI=1S/C15H22N2O/c1-10-5-6-14(9-11(10)2)15(18)17-8-7-16-12(3)13(17)4/h5-6,9,12-13,16H,7-8H2,1-4H3. The summed E-state index contributed by atoms with van der Waals surface area (Å²) in [4.78, 5) is 14.5. The molecule has 3 heteroatoms. The number of rotatable bonds is 1. The third kappa shape index (κ3) is 2.41. The molecule has 1 N–H and O–H groups in total. The summed E-state index contributed by atoms with van der Waals surface area (Å²) in [6, 6.07) is 6.56. The molecule has 1 fully saturated rings. The van der Waals surface area contributed by atoms with Gasteiger partial charge in [0.25, 0.3) is 5.91 Å². The van der Waals surface area contributed by atoms with E-state index in [0.717, 1.165) is 18.7 Å². The molecular formula is C15H22N2O. The van der Waals surface area contributed by atoms with E-state index in [2.05, 4.69) is 33.0 Å². The van der Waals surface area contributed by atoms with Crippen LogP contribution in [0.4, 0.5) is 0 Å². The van der Waals surface area contributed by atoms with Gasteiger partial charge in [-0.25, -0.2) is 0 Å². The minimum absolute atomic E-state index is 0.152. The van der Waals surface area contributed by atoms with Gasteiger partial charge < -0.3 is 10.2 Å². The molecular weight excluding hydrogens is 224 g/mol. The summed E-state index contributed by atoms with van der Waals surface area (Å²) < 4.78 is 0. The van der Waals surface area contributed by atoms with Gasteiger partial charge >= 0.3 is 0 Å². The van der Waals surface area contributed by atoms with Crippen LogP contribution in [-0.2, 0) is 0 Å². The largest absolute Gasteiger partial charge is 0.333 e. The lowest BCUT2D eigenvalue weighted by molar-refractivity contribution is 0.0603. The second-order valence-corrected chi connectivity index (χ2v) is 5.28. The molecule has 1 heterocycles. The highest BCUT2D eigenvalue weighted by Crippen LogP contribution is 2.16. The minimum atomic E-state index is 0.152. The monoisotopic (exact) mass is 246 g/mol. The lowest BCUT2D eigenvalue weighted by Gasteiger charge is -2.38. The van der Waals surface area contributed by atoms with Crippen LogP contribution < -0.4 is 5.32 Å². The molecule has 0 aromatic heterocycles. The van der Waals surface area contributed by atoms with E-state index in [1.807, 2.05) is 23.1 Å². The molecule has 2 unspecified atom stereocenters. The second kappa shape index (κ2) is 5.11. The molecule has 1 aliphatic heterocycles. The van der Waals surface area contributed by atoms with Crippen LogP contribution in [0.25, 0.3) is 0 Å². The van der Waals surface area contributed by atoms with Gasteiger partial charge in [0.05, 0.1) is 0 Å². The van der Waals surface area contributed by atoms with Crippen molar-refractivity contribution < 1.29 is 4.79 Å². The minimum Gasteiger partial charge on any atom is -0.333 e. The van der Waals surface area contributed by atoms with Gasteiger partial charge in [0.2, 0.25) is 0 Å². The van der Waals surface area contributed by atoms with E-state index in [4.69, 9.17) is 0 Å². The second-order valence-electron chi connectivity index (χ2n) is 5.28. The van der Waals surface area contributed by atoms with Gasteiger partial charge in [0.15, 0.2) is 0 Å². The highest BCUT2D eigenvalue weighted by molar-refractivity contribution is 5.94. The molecule has 0 aliphatic carbocycles. The highest BCUT2D eigenvalue weighted by atomic mass is 16.2. The van der Waals surface area contributed by atoms with Gasteiger partial charge in [-0.05, 0) is 51.0 Å². The molecule has 1 aromatic rings. The summed E-state index contributed by atoms with van der Waals surface area (Å²) in [6.45, 7) is 10.0. The van der Waals surface area contributed by atoms with Crippen LogP contribution in [-0.4, -0.2) is 36.0 Å². The van der Waals surface area contributed by atoms with Gasteiger partial charge in [0, 0.05) is 30.7 Å². The summed E-state index contributed by atoms with van der Waals surface area (Å²) in [6.07, 6.45) is 0. The number of carbonyl (C=O) groups excluding carboxylic acids is 1. The van der Waals surface area contributed by atoms with Crippen LogP contribution in [0, 0.1) is 13.8 Å².